The van der Waals surface area contributed by atoms with Gasteiger partial charge in [-0.3, -0.25) is 4.79 Å². The Labute approximate surface area is 172 Å². The number of carboxylic acids is 1. The number of esters is 1. The van der Waals surface area contributed by atoms with E-state index in [4.69, 9.17) is 16.3 Å². The minimum absolute atomic E-state index is 0.197. The van der Waals surface area contributed by atoms with Gasteiger partial charge >= 0.3 is 11.9 Å². The molecule has 0 radical (unpaired) electrons. The summed E-state index contributed by atoms with van der Waals surface area (Å²) in [6.45, 7) is 0. The number of benzene rings is 1. The highest BCUT2D eigenvalue weighted by Crippen LogP contribution is 2.18. The second-order valence-electron chi connectivity index (χ2n) is 7.04. The Kier molecular flexibility index (Phi) is 13.0. The van der Waals surface area contributed by atoms with Crippen molar-refractivity contribution in [1.29, 1.82) is 0 Å². The lowest BCUT2D eigenvalue weighted by Crippen LogP contribution is -2.27. The number of aryl methyl sites for hydroxylation is 1. The quantitative estimate of drug-likeness (QED) is 0.183. The second-order valence-corrected chi connectivity index (χ2v) is 7.42. The van der Waals surface area contributed by atoms with Crippen molar-refractivity contribution < 1.29 is 24.2 Å². The molecule has 156 valence electrons. The minimum Gasteiger partial charge on any atom is -0.479 e. The van der Waals surface area contributed by atoms with E-state index in [-0.39, 0.29) is 12.3 Å². The summed E-state index contributed by atoms with van der Waals surface area (Å²) in [7, 11) is 0. The number of ether oxygens (including phenoxy) is 1. The molecule has 1 unspecified atom stereocenters. The molecule has 0 heterocycles. The van der Waals surface area contributed by atoms with E-state index >= 15 is 0 Å². The normalized spacial score (nSPS) is 12.9. The number of carbonyl (C=O) groups excluding carboxylic acids is 2. The van der Waals surface area contributed by atoms with Crippen molar-refractivity contribution in [2.75, 3.05) is 5.88 Å². The van der Waals surface area contributed by atoms with Crippen LogP contribution < -0.4 is 0 Å². The average molecular weight is 411 g/mol. The van der Waals surface area contributed by atoms with Crippen molar-refractivity contribution in [2.24, 2.45) is 5.92 Å². The number of alkyl halides is 1. The maximum absolute atomic E-state index is 11.9. The van der Waals surface area contributed by atoms with Gasteiger partial charge in [0.1, 0.15) is 6.29 Å². The van der Waals surface area contributed by atoms with Gasteiger partial charge in [-0.2, -0.15) is 0 Å². The summed E-state index contributed by atoms with van der Waals surface area (Å²) in [6, 6.07) is 10.0. The van der Waals surface area contributed by atoms with E-state index in [0.717, 1.165) is 38.4 Å². The van der Waals surface area contributed by atoms with Gasteiger partial charge in [0.05, 0.1) is 0 Å². The first-order chi connectivity index (χ1) is 13.6. The summed E-state index contributed by atoms with van der Waals surface area (Å²) in [6.07, 6.45) is 6.28. The summed E-state index contributed by atoms with van der Waals surface area (Å²) >= 11 is 5.72. The van der Waals surface area contributed by atoms with E-state index in [1.807, 2.05) is 30.3 Å². The van der Waals surface area contributed by atoms with Crippen molar-refractivity contribution in [3.63, 3.8) is 0 Å². The molecule has 1 N–H and O–H groups in total. The molecule has 1 aromatic rings. The number of hydrogen-bond acceptors (Lipinski definition) is 4. The molecule has 1 rings (SSSR count). The summed E-state index contributed by atoms with van der Waals surface area (Å²) in [5.41, 5.74) is 1.22. The van der Waals surface area contributed by atoms with Crippen molar-refractivity contribution in [3.8, 4) is 0 Å². The van der Waals surface area contributed by atoms with Crippen LogP contribution in [0.25, 0.3) is 0 Å². The first-order valence-corrected chi connectivity index (χ1v) is 10.6. The zero-order chi connectivity index (χ0) is 20.6. The number of hydrogen-bond donors (Lipinski definition) is 1. The molecular weight excluding hydrogens is 380 g/mol. The molecule has 0 fully saturated rings. The lowest BCUT2D eigenvalue weighted by Gasteiger charge is -2.14. The minimum atomic E-state index is -1.10. The molecule has 6 heteroatoms. The van der Waals surface area contributed by atoms with Crippen LogP contribution in [0.4, 0.5) is 0 Å². The van der Waals surface area contributed by atoms with Crippen LogP contribution >= 0.6 is 11.6 Å². The standard InChI is InChI=1S/C22H31ClO5/c23-16-14-19(15-17-24)11-5-7-13-21(25)28-20(22(26)27)12-6-4-10-18-8-2-1-3-9-18/h1-3,8-9,17,19-20H,4-7,10-16H2,(H,26,27)/t19?,20-/m1/s1. The number of aliphatic carboxylic acids is 1. The Balaban J connectivity index is 2.23. The highest BCUT2D eigenvalue weighted by Gasteiger charge is 2.21. The van der Waals surface area contributed by atoms with Gasteiger partial charge in [-0.15, -0.1) is 11.6 Å². The Bertz CT molecular complexity index is 576. The lowest BCUT2D eigenvalue weighted by molar-refractivity contribution is -0.164. The number of aldehydes is 1. The number of carbonyl (C=O) groups is 3. The van der Waals surface area contributed by atoms with E-state index in [1.165, 1.54) is 5.56 Å². The van der Waals surface area contributed by atoms with Gasteiger partial charge in [0, 0.05) is 18.7 Å². The van der Waals surface area contributed by atoms with Crippen LogP contribution in [0.5, 0.6) is 0 Å². The highest BCUT2D eigenvalue weighted by molar-refractivity contribution is 6.17. The van der Waals surface area contributed by atoms with E-state index in [9.17, 15) is 19.5 Å². The predicted molar refractivity (Wildman–Crippen MR) is 109 cm³/mol. The summed E-state index contributed by atoms with van der Waals surface area (Å²) in [4.78, 5) is 33.9. The predicted octanol–water partition coefficient (Wildman–Crippen LogP) is 4.79. The fraction of sp³-hybridized carbons (Fsp3) is 0.591. The average Bonchev–Trinajstić information content (AvgIpc) is 2.68. The molecule has 0 aliphatic carbocycles. The molecule has 0 aromatic heterocycles. The Morgan fingerprint density at radius 1 is 1.04 bits per heavy atom. The third kappa shape index (κ3) is 11.1. The Morgan fingerprint density at radius 2 is 1.75 bits per heavy atom. The fourth-order valence-electron chi connectivity index (χ4n) is 3.13. The van der Waals surface area contributed by atoms with Crippen LogP contribution in [0.1, 0.15) is 63.4 Å². The molecule has 0 amide bonds. The van der Waals surface area contributed by atoms with Gasteiger partial charge in [-0.25, -0.2) is 4.79 Å². The molecule has 0 aliphatic rings. The SMILES string of the molecule is O=CCC(CCCl)CCCCC(=O)O[C@H](CCCCc1ccccc1)C(=O)O. The molecule has 5 nitrogen and oxygen atoms in total. The monoisotopic (exact) mass is 410 g/mol. The number of carboxylic acid groups (broad SMARTS) is 1. The van der Waals surface area contributed by atoms with Crippen LogP contribution in [0.3, 0.4) is 0 Å². The molecule has 0 saturated heterocycles. The molecule has 0 spiro atoms. The molecule has 0 aliphatic heterocycles. The highest BCUT2D eigenvalue weighted by atomic mass is 35.5. The largest absolute Gasteiger partial charge is 0.479 e. The van der Waals surface area contributed by atoms with E-state index in [2.05, 4.69) is 0 Å². The number of unbranched alkanes of at least 4 members (excludes halogenated alkanes) is 2. The van der Waals surface area contributed by atoms with Gasteiger partial charge < -0.3 is 14.6 Å². The van der Waals surface area contributed by atoms with Crippen LogP contribution in [0, 0.1) is 5.92 Å². The summed E-state index contributed by atoms with van der Waals surface area (Å²) in [5, 5.41) is 9.28. The fourth-order valence-corrected chi connectivity index (χ4v) is 3.44. The summed E-state index contributed by atoms with van der Waals surface area (Å²) in [5.74, 6) is -0.797. The van der Waals surface area contributed by atoms with Crippen LogP contribution in [0.15, 0.2) is 30.3 Å². The van der Waals surface area contributed by atoms with Crippen molar-refractivity contribution in [1.82, 2.24) is 0 Å². The van der Waals surface area contributed by atoms with Crippen molar-refractivity contribution in [3.05, 3.63) is 35.9 Å². The summed E-state index contributed by atoms with van der Waals surface area (Å²) < 4.78 is 5.15. The van der Waals surface area contributed by atoms with Gasteiger partial charge in [-0.1, -0.05) is 36.8 Å². The third-order valence-electron chi connectivity index (χ3n) is 4.76. The Morgan fingerprint density at radius 3 is 2.39 bits per heavy atom. The van der Waals surface area contributed by atoms with Crippen LogP contribution in [-0.4, -0.2) is 35.3 Å². The molecule has 0 bridgehead atoms. The smallest absolute Gasteiger partial charge is 0.345 e. The first kappa shape index (κ1) is 24.2. The van der Waals surface area contributed by atoms with Crippen LogP contribution in [-0.2, 0) is 25.5 Å². The first-order valence-electron chi connectivity index (χ1n) is 10.0. The molecule has 28 heavy (non-hydrogen) atoms. The maximum Gasteiger partial charge on any atom is 0.345 e. The van der Waals surface area contributed by atoms with Gasteiger partial charge in [0.15, 0.2) is 6.10 Å². The van der Waals surface area contributed by atoms with Gasteiger partial charge in [0.2, 0.25) is 0 Å². The molecule has 1 aromatic carbocycles. The zero-order valence-electron chi connectivity index (χ0n) is 16.4. The molecule has 0 saturated carbocycles. The van der Waals surface area contributed by atoms with E-state index < -0.39 is 18.0 Å². The second kappa shape index (κ2) is 15.1. The van der Waals surface area contributed by atoms with E-state index in [0.29, 0.717) is 31.6 Å². The van der Waals surface area contributed by atoms with Crippen molar-refractivity contribution >= 4 is 29.8 Å². The zero-order valence-corrected chi connectivity index (χ0v) is 17.1. The molecule has 2 atom stereocenters. The maximum atomic E-state index is 11.9. The van der Waals surface area contributed by atoms with Gasteiger partial charge in [-0.05, 0) is 56.4 Å². The number of halogens is 1. The molecular formula is C22H31ClO5. The van der Waals surface area contributed by atoms with E-state index in [1.54, 1.807) is 0 Å². The topological polar surface area (TPSA) is 80.7 Å². The van der Waals surface area contributed by atoms with Crippen molar-refractivity contribution in [2.45, 2.75) is 70.3 Å². The number of rotatable bonds is 16. The van der Waals surface area contributed by atoms with Gasteiger partial charge in [0.25, 0.3) is 0 Å². The van der Waals surface area contributed by atoms with Crippen LogP contribution in [0.2, 0.25) is 0 Å². The lowest BCUT2D eigenvalue weighted by atomic mass is 9.96. The third-order valence-corrected chi connectivity index (χ3v) is 4.98. The Hall–Kier alpha value is -1.88.